The molecule has 3 rings (SSSR count). The molecule has 2 aromatic rings. The van der Waals surface area contributed by atoms with Gasteiger partial charge in [-0.2, -0.15) is 0 Å². The van der Waals surface area contributed by atoms with Crippen molar-refractivity contribution in [2.45, 2.75) is 24.2 Å². The maximum Gasteiger partial charge on any atom is 0.216 e. The molecule has 1 aliphatic heterocycles. The van der Waals surface area contributed by atoms with Gasteiger partial charge in [0.1, 0.15) is 7.11 Å². The van der Waals surface area contributed by atoms with Crippen LogP contribution in [0.15, 0.2) is 60.7 Å². The lowest BCUT2D eigenvalue weighted by Crippen LogP contribution is -1.98. The van der Waals surface area contributed by atoms with Crippen LogP contribution in [0, 0.1) is 0 Å². The van der Waals surface area contributed by atoms with Gasteiger partial charge in [-0.05, 0) is 24.0 Å². The van der Waals surface area contributed by atoms with Crippen LogP contribution in [0.1, 0.15) is 35.3 Å². The van der Waals surface area contributed by atoms with Gasteiger partial charge < -0.3 is 4.52 Å². The zero-order valence-electron chi connectivity index (χ0n) is 11.2. The van der Waals surface area contributed by atoms with Gasteiger partial charge in [-0.1, -0.05) is 60.7 Å². The molecule has 0 amide bonds. The molecule has 2 atom stereocenters. The number of hydrogen-bond donors (Lipinski definition) is 0. The van der Waals surface area contributed by atoms with E-state index in [1.54, 1.807) is 0 Å². The fraction of sp³-hybridized carbons (Fsp3) is 0.294. The molecular formula is C17H20OP+. The van der Waals surface area contributed by atoms with Gasteiger partial charge in [0, 0.05) is 0 Å². The van der Waals surface area contributed by atoms with Crippen LogP contribution >= 0.6 is 8.15 Å². The van der Waals surface area contributed by atoms with Crippen LogP contribution in [0.25, 0.3) is 0 Å². The maximum absolute atomic E-state index is 4.77. The summed E-state index contributed by atoms with van der Waals surface area (Å²) in [7, 11) is 1.71. The van der Waals surface area contributed by atoms with E-state index in [1.165, 1.54) is 24.0 Å². The molecule has 2 aromatic carbocycles. The molecule has 0 bridgehead atoms. The third-order valence-electron chi connectivity index (χ3n) is 3.95. The number of hydrogen-bond acceptors (Lipinski definition) is 0. The summed E-state index contributed by atoms with van der Waals surface area (Å²) in [6.07, 6.45) is 2.54. The van der Waals surface area contributed by atoms with Crippen molar-refractivity contribution >= 4 is 8.15 Å². The summed E-state index contributed by atoms with van der Waals surface area (Å²) in [6.45, 7) is 0. The van der Waals surface area contributed by atoms with Crippen LogP contribution in [0.4, 0.5) is 0 Å². The van der Waals surface area contributed by atoms with Crippen LogP contribution in [0.5, 0.6) is 0 Å². The van der Waals surface area contributed by atoms with E-state index in [-0.39, 0.29) is 8.15 Å². The lowest BCUT2D eigenvalue weighted by molar-refractivity contribution is 0.243. The second kappa shape index (κ2) is 5.86. The summed E-state index contributed by atoms with van der Waals surface area (Å²) < 4.78 is 4.77. The second-order valence-corrected chi connectivity index (χ2v) is 7.42. The van der Waals surface area contributed by atoms with E-state index in [0.717, 1.165) is 0 Å². The lowest BCUT2D eigenvalue weighted by Gasteiger charge is -2.19. The van der Waals surface area contributed by atoms with Gasteiger partial charge in [-0.3, -0.25) is 0 Å². The summed E-state index contributed by atoms with van der Waals surface area (Å²) in [4.78, 5) is 0. The molecule has 2 heteroatoms. The highest BCUT2D eigenvalue weighted by Gasteiger charge is 2.43. The topological polar surface area (TPSA) is 12.8 Å². The quantitative estimate of drug-likeness (QED) is 0.561. The van der Waals surface area contributed by atoms with Crippen LogP contribution < -0.4 is 0 Å². The van der Waals surface area contributed by atoms with Crippen molar-refractivity contribution in [2.75, 3.05) is 7.11 Å². The van der Waals surface area contributed by atoms with E-state index >= 15 is 0 Å². The molecular weight excluding hydrogens is 251 g/mol. The van der Waals surface area contributed by atoms with Gasteiger partial charge in [0.2, 0.25) is 8.15 Å². The molecule has 1 saturated heterocycles. The zero-order chi connectivity index (χ0) is 13.1. The van der Waals surface area contributed by atoms with E-state index < -0.39 is 0 Å². The summed E-state index contributed by atoms with van der Waals surface area (Å²) >= 11 is 0. The van der Waals surface area contributed by atoms with Crippen molar-refractivity contribution in [1.82, 2.24) is 0 Å². The molecule has 0 aromatic heterocycles. The third-order valence-corrected chi connectivity index (χ3v) is 6.80. The van der Waals surface area contributed by atoms with Gasteiger partial charge >= 0.3 is 0 Å². The van der Waals surface area contributed by atoms with Crippen molar-refractivity contribution in [2.24, 2.45) is 0 Å². The monoisotopic (exact) mass is 271 g/mol. The van der Waals surface area contributed by atoms with Gasteiger partial charge in [0.05, 0.1) is 11.3 Å². The number of aliphatic hydroxyl groups is 1. The van der Waals surface area contributed by atoms with Gasteiger partial charge in [0.25, 0.3) is 0 Å². The fourth-order valence-corrected chi connectivity index (χ4v) is 5.84. The van der Waals surface area contributed by atoms with Crippen LogP contribution in [0.3, 0.4) is 0 Å². The van der Waals surface area contributed by atoms with E-state index in [4.69, 9.17) is 4.52 Å². The molecule has 0 saturated carbocycles. The summed E-state index contributed by atoms with van der Waals surface area (Å²) in [6, 6.07) is 21.8. The van der Waals surface area contributed by atoms with Crippen molar-refractivity contribution < 1.29 is 4.52 Å². The molecule has 1 heterocycles. The standard InChI is InChI=1S/C17H19OP/c1-18-19-16(14-8-4-2-5-9-14)12-13-17(19)15-10-6-3-7-11-15/h2-11,16-17H,12-13H2,1H3/p+1/t16-,17-/m0/s1. The van der Waals surface area contributed by atoms with Gasteiger partial charge in [-0.25, -0.2) is 0 Å². The predicted molar refractivity (Wildman–Crippen MR) is 82.7 cm³/mol. The van der Waals surface area contributed by atoms with Gasteiger partial charge in [0.15, 0.2) is 0 Å². The zero-order valence-corrected chi connectivity index (χ0v) is 12.1. The fourth-order valence-electron chi connectivity index (χ4n) is 3.07. The minimum absolute atomic E-state index is 0.297. The van der Waals surface area contributed by atoms with Crippen molar-refractivity contribution in [3.63, 3.8) is 0 Å². The Morgan fingerprint density at radius 3 is 1.58 bits per heavy atom. The van der Waals surface area contributed by atoms with Crippen molar-refractivity contribution in [3.05, 3.63) is 71.8 Å². The highest BCUT2D eigenvalue weighted by atomic mass is 31.1. The Kier molecular flexibility index (Phi) is 3.96. The summed E-state index contributed by atoms with van der Waals surface area (Å²) in [5.41, 5.74) is 4.23. The average Bonchev–Trinajstić information content (AvgIpc) is 2.93. The van der Waals surface area contributed by atoms with E-state index in [2.05, 4.69) is 60.7 Å². The first-order valence-electron chi connectivity index (χ1n) is 6.88. The molecule has 1 N–H and O–H groups in total. The SMILES string of the molecule is C[OH+]P1[C@H](c2ccccc2)CC[C@H]1c1ccccc1. The van der Waals surface area contributed by atoms with Crippen molar-refractivity contribution in [1.29, 1.82) is 0 Å². The molecule has 0 unspecified atom stereocenters. The Labute approximate surface area is 116 Å². The Morgan fingerprint density at radius 2 is 1.21 bits per heavy atom. The minimum Gasteiger partial charge on any atom is -0.425 e. The van der Waals surface area contributed by atoms with E-state index in [0.29, 0.717) is 11.3 Å². The predicted octanol–water partition coefficient (Wildman–Crippen LogP) is 4.82. The third kappa shape index (κ3) is 2.59. The van der Waals surface area contributed by atoms with E-state index in [9.17, 15) is 0 Å². The summed E-state index contributed by atoms with van der Waals surface area (Å²) in [5, 5.41) is 0. The Hall–Kier alpha value is -1.17. The maximum atomic E-state index is 4.77. The smallest absolute Gasteiger partial charge is 0.216 e. The van der Waals surface area contributed by atoms with Gasteiger partial charge in [-0.15, -0.1) is 0 Å². The number of benzene rings is 2. The van der Waals surface area contributed by atoms with Crippen molar-refractivity contribution in [3.8, 4) is 0 Å². The molecule has 98 valence electrons. The van der Waals surface area contributed by atoms with Crippen LogP contribution in [0.2, 0.25) is 0 Å². The molecule has 1 nitrogen and oxygen atoms in total. The molecule has 1 fully saturated rings. The average molecular weight is 271 g/mol. The molecule has 0 radical (unpaired) electrons. The highest BCUT2D eigenvalue weighted by molar-refractivity contribution is 7.53. The number of rotatable bonds is 3. The minimum atomic E-state index is -0.297. The lowest BCUT2D eigenvalue weighted by atomic mass is 10.0. The highest BCUT2D eigenvalue weighted by Crippen LogP contribution is 2.69. The Bertz CT molecular complexity index is 464. The Morgan fingerprint density at radius 1 is 0.789 bits per heavy atom. The first kappa shape index (κ1) is 12.8. The van der Waals surface area contributed by atoms with Crippen LogP contribution in [-0.2, 0) is 0 Å². The first-order valence-corrected chi connectivity index (χ1v) is 8.31. The molecule has 1 aliphatic rings. The van der Waals surface area contributed by atoms with Crippen LogP contribution in [-0.4, -0.2) is 11.6 Å². The second-order valence-electron chi connectivity index (χ2n) is 5.01. The molecule has 19 heavy (non-hydrogen) atoms. The summed E-state index contributed by atoms with van der Waals surface area (Å²) in [5.74, 6) is 0. The molecule has 0 aliphatic carbocycles. The van der Waals surface area contributed by atoms with E-state index in [1.807, 2.05) is 7.11 Å². The largest absolute Gasteiger partial charge is 0.425 e. The normalized spacial score (nSPS) is 23.6. The first-order chi connectivity index (χ1) is 9.40. The Balaban J connectivity index is 1.87. The molecule has 0 spiro atoms.